The number of hydrogen-bond acceptors (Lipinski definition) is 8. The Kier molecular flexibility index (Phi) is 55.9. The average Bonchev–Trinajstić information content (AvgIpc) is 3.40. The van der Waals surface area contributed by atoms with Crippen LogP contribution in [-0.2, 0) is 32.7 Å². The first-order chi connectivity index (χ1) is 36.8. The van der Waals surface area contributed by atoms with E-state index < -0.39 is 32.5 Å². The quantitative estimate of drug-likeness (QED) is 0.0264. The van der Waals surface area contributed by atoms with Crippen LogP contribution in [0.5, 0.6) is 0 Å². The molecule has 0 amide bonds. The molecule has 3 N–H and O–H groups in total. The number of phosphoric ester groups is 1. The van der Waals surface area contributed by atoms with Crippen LogP contribution in [0.25, 0.3) is 0 Å². The van der Waals surface area contributed by atoms with E-state index in [1.807, 2.05) is 6.08 Å². The van der Waals surface area contributed by atoms with Crippen molar-refractivity contribution in [1.82, 2.24) is 0 Å². The van der Waals surface area contributed by atoms with Gasteiger partial charge in [-0.2, -0.15) is 0 Å². The van der Waals surface area contributed by atoms with E-state index in [4.69, 9.17) is 24.3 Å². The van der Waals surface area contributed by atoms with Crippen LogP contribution in [0.1, 0.15) is 219 Å². The average molecular weight is 1060 g/mol. The molecule has 0 aliphatic heterocycles. The van der Waals surface area contributed by atoms with Crippen LogP contribution in [0.2, 0.25) is 0 Å². The van der Waals surface area contributed by atoms with Gasteiger partial charge in [0.25, 0.3) is 0 Å². The molecule has 10 heteroatoms. The van der Waals surface area contributed by atoms with E-state index in [0.717, 1.165) is 103 Å². The molecular formula is C65H106NO8P. The fourth-order valence-corrected chi connectivity index (χ4v) is 8.24. The molecule has 0 aliphatic rings. The number of nitrogens with two attached hydrogens (primary N) is 1. The van der Waals surface area contributed by atoms with Crippen molar-refractivity contribution in [2.24, 2.45) is 5.73 Å². The van der Waals surface area contributed by atoms with E-state index in [0.29, 0.717) is 12.8 Å². The van der Waals surface area contributed by atoms with Crippen LogP contribution in [0.4, 0.5) is 0 Å². The number of hydrogen-bond donors (Lipinski definition) is 2. The molecule has 2 atom stereocenters. The second kappa shape index (κ2) is 59.1. The van der Waals surface area contributed by atoms with E-state index in [-0.39, 0.29) is 32.6 Å². The lowest BCUT2D eigenvalue weighted by Gasteiger charge is -2.19. The molecule has 0 aromatic rings. The van der Waals surface area contributed by atoms with Crippen molar-refractivity contribution in [3.63, 3.8) is 0 Å². The van der Waals surface area contributed by atoms with Crippen LogP contribution >= 0.6 is 7.82 Å². The number of allylic oxidation sites excluding steroid dienone is 24. The highest BCUT2D eigenvalue weighted by atomic mass is 31.2. The number of unbranched alkanes of at least 4 members (excludes halogenated alkanes) is 16. The van der Waals surface area contributed by atoms with Crippen molar-refractivity contribution in [3.05, 3.63) is 146 Å². The van der Waals surface area contributed by atoms with Gasteiger partial charge in [0.05, 0.1) is 13.2 Å². The second-order valence-corrected chi connectivity index (χ2v) is 20.2. The van der Waals surface area contributed by atoms with Crippen LogP contribution in [0.15, 0.2) is 146 Å². The fraction of sp³-hybridized carbons (Fsp3) is 0.600. The largest absolute Gasteiger partial charge is 0.472 e. The zero-order valence-corrected chi connectivity index (χ0v) is 48.1. The summed E-state index contributed by atoms with van der Waals surface area (Å²) in [4.78, 5) is 35.1. The van der Waals surface area contributed by atoms with Crippen molar-refractivity contribution < 1.29 is 37.6 Å². The van der Waals surface area contributed by atoms with Crippen molar-refractivity contribution in [1.29, 1.82) is 0 Å². The summed E-state index contributed by atoms with van der Waals surface area (Å²) in [6.45, 7) is 3.43. The minimum Gasteiger partial charge on any atom is -0.462 e. The molecule has 0 rings (SSSR count). The molecule has 2 unspecified atom stereocenters. The fourth-order valence-electron chi connectivity index (χ4n) is 7.47. The highest BCUT2D eigenvalue weighted by Gasteiger charge is 2.26. The summed E-state index contributed by atoms with van der Waals surface area (Å²) in [6, 6.07) is 0. The van der Waals surface area contributed by atoms with Crippen molar-refractivity contribution >= 4 is 19.8 Å². The van der Waals surface area contributed by atoms with Crippen LogP contribution < -0.4 is 5.73 Å². The van der Waals surface area contributed by atoms with Gasteiger partial charge in [-0.1, -0.05) is 243 Å². The number of carbonyl (C=O) groups is 2. The van der Waals surface area contributed by atoms with Gasteiger partial charge in [-0.3, -0.25) is 18.6 Å². The Bertz CT molecular complexity index is 1730. The van der Waals surface area contributed by atoms with Crippen LogP contribution in [0, 0.1) is 0 Å². The molecule has 0 saturated carbocycles. The normalized spacial score (nSPS) is 14.1. The third-order valence-corrected chi connectivity index (χ3v) is 12.7. The summed E-state index contributed by atoms with van der Waals surface area (Å²) in [7, 11) is -4.41. The molecule has 0 spiro atoms. The third kappa shape index (κ3) is 59.0. The minimum atomic E-state index is -4.41. The van der Waals surface area contributed by atoms with Gasteiger partial charge in [0.1, 0.15) is 6.61 Å². The van der Waals surface area contributed by atoms with E-state index in [1.54, 1.807) is 0 Å². The van der Waals surface area contributed by atoms with Gasteiger partial charge in [0.2, 0.25) is 0 Å². The van der Waals surface area contributed by atoms with Gasteiger partial charge in [-0.15, -0.1) is 0 Å². The third-order valence-electron chi connectivity index (χ3n) is 11.7. The van der Waals surface area contributed by atoms with Crippen molar-refractivity contribution in [2.45, 2.75) is 225 Å². The Hall–Kier alpha value is -4.11. The molecule has 0 radical (unpaired) electrons. The van der Waals surface area contributed by atoms with E-state index >= 15 is 0 Å². The maximum absolute atomic E-state index is 12.7. The van der Waals surface area contributed by atoms with Gasteiger partial charge in [-0.25, -0.2) is 4.57 Å². The lowest BCUT2D eigenvalue weighted by Crippen LogP contribution is -2.29. The Morgan fingerprint density at radius 2 is 0.707 bits per heavy atom. The first-order valence-corrected chi connectivity index (χ1v) is 30.8. The standard InChI is InChI=1S/C65H106NO8P/c1-3-5-7-9-11-13-15-17-19-21-22-23-24-25-26-27-28-29-30-31-32-33-34-35-36-37-38-39-40-42-44-46-48-50-52-54-56-58-65(68)74-63(62-73-75(69,70)72-60-59-66)61-71-64(67)57-55-53-51-49-47-45-43-41-20-18-16-14-12-10-8-6-4-2/h5-8,11-14,17-20,22-23,25-26,28-29,31-32,43,45,49,51,63H,3-4,9-10,15-16,21,24,27,30,33-42,44,46-48,50,52-62,66H2,1-2H3,(H,69,70)/b7-5-,8-6-,13-11-,14-12-,19-17-,20-18-,23-22-,26-25-,29-28-,32-31-,45-43-,51-49-. The predicted molar refractivity (Wildman–Crippen MR) is 320 cm³/mol. The lowest BCUT2D eigenvalue weighted by atomic mass is 10.0. The van der Waals surface area contributed by atoms with E-state index in [2.05, 4.69) is 154 Å². The SMILES string of the molecule is CC/C=C\C/C=C\C/C=C\C/C=C\C/C=C\C/C=C\C/C=C\CCCCCCCCCCCCCCCCCC(=O)OC(COC(=O)CCC/C=C\C/C=C\C/C=C\C/C=C\C/C=C\CC)COP(=O)(O)OCCN. The molecule has 0 aromatic heterocycles. The number of carbonyl (C=O) groups excluding carboxylic acids is 2. The minimum absolute atomic E-state index is 0.0393. The predicted octanol–water partition coefficient (Wildman–Crippen LogP) is 18.7. The van der Waals surface area contributed by atoms with Gasteiger partial charge in [0.15, 0.2) is 6.10 Å². The molecule has 424 valence electrons. The molecular weight excluding hydrogens is 954 g/mol. The zero-order valence-electron chi connectivity index (χ0n) is 47.2. The summed E-state index contributed by atoms with van der Waals surface area (Å²) < 4.78 is 32.9. The number of esters is 2. The molecule has 0 aliphatic carbocycles. The maximum Gasteiger partial charge on any atom is 0.472 e. The first-order valence-electron chi connectivity index (χ1n) is 29.3. The van der Waals surface area contributed by atoms with Gasteiger partial charge in [0, 0.05) is 19.4 Å². The molecule has 0 saturated heterocycles. The molecule has 0 fully saturated rings. The summed E-state index contributed by atoms with van der Waals surface area (Å²) in [5.74, 6) is -0.904. The molecule has 0 heterocycles. The van der Waals surface area contributed by atoms with Gasteiger partial charge < -0.3 is 20.1 Å². The topological polar surface area (TPSA) is 134 Å². The van der Waals surface area contributed by atoms with E-state index in [1.165, 1.54) is 77.0 Å². The highest BCUT2D eigenvalue weighted by Crippen LogP contribution is 2.43. The molecule has 9 nitrogen and oxygen atoms in total. The Labute approximate surface area is 458 Å². The first kappa shape index (κ1) is 70.9. The second-order valence-electron chi connectivity index (χ2n) is 18.7. The summed E-state index contributed by atoms with van der Waals surface area (Å²) in [5.41, 5.74) is 5.37. The monoisotopic (exact) mass is 1060 g/mol. The van der Waals surface area contributed by atoms with E-state index in [9.17, 15) is 19.0 Å². The van der Waals surface area contributed by atoms with Crippen LogP contribution in [0.3, 0.4) is 0 Å². The Balaban J connectivity index is 3.97. The zero-order chi connectivity index (χ0) is 54.5. The highest BCUT2D eigenvalue weighted by molar-refractivity contribution is 7.47. The molecule has 75 heavy (non-hydrogen) atoms. The Morgan fingerprint density at radius 1 is 0.400 bits per heavy atom. The Morgan fingerprint density at radius 3 is 1.07 bits per heavy atom. The van der Waals surface area contributed by atoms with Crippen molar-refractivity contribution in [2.75, 3.05) is 26.4 Å². The maximum atomic E-state index is 12.7. The molecule has 0 aromatic carbocycles. The number of rotatable bonds is 53. The lowest BCUT2D eigenvalue weighted by molar-refractivity contribution is -0.161. The van der Waals surface area contributed by atoms with Crippen LogP contribution in [-0.4, -0.2) is 49.3 Å². The van der Waals surface area contributed by atoms with Crippen molar-refractivity contribution in [3.8, 4) is 0 Å². The smallest absolute Gasteiger partial charge is 0.462 e. The van der Waals surface area contributed by atoms with Gasteiger partial charge in [-0.05, 0) is 109 Å². The van der Waals surface area contributed by atoms with Gasteiger partial charge >= 0.3 is 19.8 Å². The summed E-state index contributed by atoms with van der Waals surface area (Å²) in [5, 5.41) is 0. The summed E-state index contributed by atoms with van der Waals surface area (Å²) >= 11 is 0. The molecule has 0 bridgehead atoms. The number of phosphoric acid groups is 1. The number of ether oxygens (including phenoxy) is 2. The summed E-state index contributed by atoms with van der Waals surface area (Å²) in [6.07, 6.45) is 84.9.